The molecule has 0 saturated heterocycles. The van der Waals surface area contributed by atoms with E-state index in [1.165, 1.54) is 11.8 Å². The zero-order chi connectivity index (χ0) is 15.9. The van der Waals surface area contributed by atoms with E-state index >= 15 is 0 Å². The van der Waals surface area contributed by atoms with E-state index in [9.17, 15) is 9.59 Å². The van der Waals surface area contributed by atoms with Gasteiger partial charge < -0.3 is 10.2 Å². The molecule has 2 amide bonds. The minimum absolute atomic E-state index is 0.0119. The van der Waals surface area contributed by atoms with Crippen LogP contribution in [0.5, 0.6) is 0 Å². The third-order valence-electron chi connectivity index (χ3n) is 3.06. The van der Waals surface area contributed by atoms with Gasteiger partial charge in [-0.1, -0.05) is 15.9 Å². The Kier molecular flexibility index (Phi) is 5.66. The molecule has 2 aromatic rings. The maximum Gasteiger partial charge on any atom is 0.240 e. The number of pyridine rings is 1. The summed E-state index contributed by atoms with van der Waals surface area (Å²) in [6, 6.07) is 10.9. The number of carbonyl (C=O) groups is 2. The van der Waals surface area contributed by atoms with Crippen LogP contribution in [0.2, 0.25) is 0 Å². The van der Waals surface area contributed by atoms with Crippen LogP contribution in [-0.4, -0.2) is 23.3 Å². The number of nitrogens with zero attached hydrogens (tertiary/aromatic N) is 2. The number of benzene rings is 1. The first-order valence-electron chi connectivity index (χ1n) is 6.75. The van der Waals surface area contributed by atoms with Crippen molar-refractivity contribution in [1.82, 2.24) is 10.3 Å². The van der Waals surface area contributed by atoms with Crippen LogP contribution < -0.4 is 10.2 Å². The highest BCUT2D eigenvalue weighted by molar-refractivity contribution is 9.10. The Hall–Kier alpha value is -2.21. The first kappa shape index (κ1) is 16.2. The van der Waals surface area contributed by atoms with Gasteiger partial charge in [-0.25, -0.2) is 0 Å². The molecule has 0 aliphatic rings. The largest absolute Gasteiger partial charge is 0.350 e. The highest BCUT2D eigenvalue weighted by Crippen LogP contribution is 2.18. The average molecular weight is 362 g/mol. The van der Waals surface area contributed by atoms with Crippen molar-refractivity contribution in [3.05, 3.63) is 58.8 Å². The molecular formula is C16H16BrN3O2. The number of rotatable bonds is 5. The number of nitrogens with one attached hydrogen (secondary N) is 1. The Morgan fingerprint density at radius 3 is 2.36 bits per heavy atom. The van der Waals surface area contributed by atoms with Crippen LogP contribution in [0.1, 0.15) is 12.5 Å². The molecule has 0 spiro atoms. The first-order chi connectivity index (χ1) is 10.6. The second kappa shape index (κ2) is 7.70. The van der Waals surface area contributed by atoms with Crippen LogP contribution in [-0.2, 0) is 16.1 Å². The van der Waals surface area contributed by atoms with Crippen molar-refractivity contribution in [2.45, 2.75) is 13.5 Å². The summed E-state index contributed by atoms with van der Waals surface area (Å²) in [6.07, 6.45) is 3.34. The molecule has 1 aromatic heterocycles. The maximum absolute atomic E-state index is 12.0. The van der Waals surface area contributed by atoms with E-state index in [1.54, 1.807) is 24.5 Å². The van der Waals surface area contributed by atoms with Crippen molar-refractivity contribution in [3.63, 3.8) is 0 Å². The van der Waals surface area contributed by atoms with Gasteiger partial charge in [-0.2, -0.15) is 0 Å². The van der Waals surface area contributed by atoms with Crippen molar-refractivity contribution in [2.75, 3.05) is 11.4 Å². The Morgan fingerprint density at radius 2 is 1.77 bits per heavy atom. The van der Waals surface area contributed by atoms with Crippen molar-refractivity contribution < 1.29 is 9.59 Å². The van der Waals surface area contributed by atoms with Crippen molar-refractivity contribution in [3.8, 4) is 0 Å². The molecule has 5 nitrogen and oxygen atoms in total. The van der Waals surface area contributed by atoms with E-state index in [0.717, 1.165) is 10.0 Å². The van der Waals surface area contributed by atoms with Gasteiger partial charge in [0.15, 0.2) is 0 Å². The van der Waals surface area contributed by atoms with Crippen LogP contribution in [0.3, 0.4) is 0 Å². The summed E-state index contributed by atoms with van der Waals surface area (Å²) in [7, 11) is 0. The van der Waals surface area contributed by atoms with Crippen molar-refractivity contribution in [2.24, 2.45) is 0 Å². The molecule has 1 aromatic carbocycles. The van der Waals surface area contributed by atoms with Crippen molar-refractivity contribution >= 4 is 33.4 Å². The van der Waals surface area contributed by atoms with Gasteiger partial charge >= 0.3 is 0 Å². The second-order valence-corrected chi connectivity index (χ2v) is 5.63. The molecule has 0 aliphatic heterocycles. The number of hydrogen-bond acceptors (Lipinski definition) is 3. The van der Waals surface area contributed by atoms with E-state index < -0.39 is 0 Å². The highest BCUT2D eigenvalue weighted by Gasteiger charge is 2.15. The summed E-state index contributed by atoms with van der Waals surface area (Å²) in [4.78, 5) is 29.2. The Balaban J connectivity index is 1.97. The van der Waals surface area contributed by atoms with Crippen LogP contribution in [0.4, 0.5) is 5.69 Å². The molecule has 0 fully saturated rings. The molecule has 2 rings (SSSR count). The third-order valence-corrected chi connectivity index (χ3v) is 3.59. The van der Waals surface area contributed by atoms with Gasteiger partial charge in [0.25, 0.3) is 0 Å². The quantitative estimate of drug-likeness (QED) is 0.889. The second-order valence-electron chi connectivity index (χ2n) is 4.71. The smallest absolute Gasteiger partial charge is 0.240 e. The van der Waals surface area contributed by atoms with Gasteiger partial charge in [-0.15, -0.1) is 0 Å². The number of anilines is 1. The number of carbonyl (C=O) groups excluding carboxylic acids is 2. The predicted octanol–water partition coefficient (Wildman–Crippen LogP) is 2.51. The fourth-order valence-electron chi connectivity index (χ4n) is 1.91. The van der Waals surface area contributed by atoms with Gasteiger partial charge in [-0.05, 0) is 42.0 Å². The highest BCUT2D eigenvalue weighted by atomic mass is 79.9. The molecule has 1 N–H and O–H groups in total. The van der Waals surface area contributed by atoms with Gasteiger partial charge in [0.2, 0.25) is 11.8 Å². The molecule has 114 valence electrons. The molecule has 0 aliphatic carbocycles. The van der Waals surface area contributed by atoms with E-state index in [2.05, 4.69) is 26.2 Å². The lowest BCUT2D eigenvalue weighted by Gasteiger charge is -2.20. The third kappa shape index (κ3) is 4.66. The molecular weight excluding hydrogens is 346 g/mol. The van der Waals surface area contributed by atoms with Gasteiger partial charge in [0.05, 0.1) is 0 Å². The first-order valence-corrected chi connectivity index (χ1v) is 7.55. The molecule has 22 heavy (non-hydrogen) atoms. The number of aromatic nitrogens is 1. The summed E-state index contributed by atoms with van der Waals surface area (Å²) >= 11 is 3.35. The molecule has 0 unspecified atom stereocenters. The minimum Gasteiger partial charge on any atom is -0.350 e. The maximum atomic E-state index is 12.0. The Morgan fingerprint density at radius 1 is 1.14 bits per heavy atom. The fraction of sp³-hybridized carbons (Fsp3) is 0.188. The zero-order valence-electron chi connectivity index (χ0n) is 12.1. The lowest BCUT2D eigenvalue weighted by atomic mass is 10.2. The Bertz CT molecular complexity index is 644. The van der Waals surface area contributed by atoms with Crippen LogP contribution in [0.25, 0.3) is 0 Å². The van der Waals surface area contributed by atoms with Gasteiger partial charge in [0.1, 0.15) is 6.54 Å². The van der Waals surface area contributed by atoms with Gasteiger partial charge in [-0.3, -0.25) is 14.6 Å². The standard InChI is InChI=1S/C16H16BrN3O2/c1-12(21)20(15-4-2-14(17)3-5-15)11-16(22)19-10-13-6-8-18-9-7-13/h2-9H,10-11H2,1H3,(H,19,22). The van der Waals surface area contributed by atoms with Crippen LogP contribution in [0.15, 0.2) is 53.3 Å². The zero-order valence-corrected chi connectivity index (χ0v) is 13.7. The molecule has 0 bridgehead atoms. The molecule has 0 radical (unpaired) electrons. The summed E-state index contributed by atoms with van der Waals surface area (Å²) in [5.41, 5.74) is 1.65. The van der Waals surface area contributed by atoms with Gasteiger partial charge in [0, 0.05) is 36.0 Å². The molecule has 1 heterocycles. The normalized spacial score (nSPS) is 10.1. The summed E-state index contributed by atoms with van der Waals surface area (Å²) in [6.45, 7) is 1.84. The van der Waals surface area contributed by atoms with E-state index in [0.29, 0.717) is 12.2 Å². The van der Waals surface area contributed by atoms with E-state index in [1.807, 2.05) is 24.3 Å². The molecule has 0 atom stereocenters. The Labute approximate surface area is 137 Å². The summed E-state index contributed by atoms with van der Waals surface area (Å²) in [5, 5.41) is 2.80. The topological polar surface area (TPSA) is 62.3 Å². The summed E-state index contributed by atoms with van der Waals surface area (Å²) in [5.74, 6) is -0.392. The molecule has 0 saturated carbocycles. The lowest BCUT2D eigenvalue weighted by Crippen LogP contribution is -2.39. The number of halogens is 1. The number of hydrogen-bond donors (Lipinski definition) is 1. The van der Waals surface area contributed by atoms with Crippen LogP contribution in [0, 0.1) is 0 Å². The van der Waals surface area contributed by atoms with Crippen molar-refractivity contribution in [1.29, 1.82) is 0 Å². The summed E-state index contributed by atoms with van der Waals surface area (Å²) < 4.78 is 0.918. The monoisotopic (exact) mass is 361 g/mol. The van der Waals surface area contributed by atoms with E-state index in [4.69, 9.17) is 0 Å². The average Bonchev–Trinajstić information content (AvgIpc) is 2.52. The lowest BCUT2D eigenvalue weighted by molar-refractivity contribution is -0.123. The van der Waals surface area contributed by atoms with Crippen LogP contribution >= 0.6 is 15.9 Å². The number of amides is 2. The fourth-order valence-corrected chi connectivity index (χ4v) is 2.17. The molecule has 6 heteroatoms. The van der Waals surface area contributed by atoms with E-state index in [-0.39, 0.29) is 18.4 Å². The minimum atomic E-state index is -0.213. The predicted molar refractivity (Wildman–Crippen MR) is 88.3 cm³/mol. The SMILES string of the molecule is CC(=O)N(CC(=O)NCc1ccncc1)c1ccc(Br)cc1.